The number of thiazole rings is 1. The van der Waals surface area contributed by atoms with Crippen molar-refractivity contribution in [3.8, 4) is 0 Å². The third-order valence-electron chi connectivity index (χ3n) is 2.39. The molecule has 1 aliphatic rings. The number of rotatable bonds is 3. The van der Waals surface area contributed by atoms with Crippen LogP contribution in [0.25, 0.3) is 0 Å². The van der Waals surface area contributed by atoms with Crippen LogP contribution in [-0.2, 0) is 4.79 Å². The van der Waals surface area contributed by atoms with Crippen LogP contribution < -0.4 is 4.90 Å². The number of piperazine rings is 1. The Hall–Kier alpha value is -0.940. The normalized spacial score (nSPS) is 18.4. The molecule has 2 heterocycles. The molecule has 0 atom stereocenters. The molecular weight excluding hydrogens is 198 g/mol. The molecule has 5 heteroatoms. The van der Waals surface area contributed by atoms with E-state index in [0.717, 1.165) is 37.6 Å². The number of hydrogen-bond acceptors (Lipinski definition) is 5. The molecule has 0 aromatic carbocycles. The fourth-order valence-electron chi connectivity index (χ4n) is 1.60. The maximum atomic E-state index is 10.3. The van der Waals surface area contributed by atoms with Crippen LogP contribution in [0.15, 0.2) is 11.6 Å². The Morgan fingerprint density at radius 2 is 2.21 bits per heavy atom. The lowest BCUT2D eigenvalue weighted by Crippen LogP contribution is -2.46. The summed E-state index contributed by atoms with van der Waals surface area (Å²) in [5, 5.41) is 3.09. The Labute approximate surface area is 87.2 Å². The molecule has 2 rings (SSSR count). The van der Waals surface area contributed by atoms with Crippen LogP contribution in [-0.4, -0.2) is 48.9 Å². The molecule has 0 bridgehead atoms. The minimum Gasteiger partial charge on any atom is -0.346 e. The summed E-state index contributed by atoms with van der Waals surface area (Å²) < 4.78 is 0. The molecule has 0 saturated carbocycles. The fourth-order valence-corrected chi connectivity index (χ4v) is 2.30. The van der Waals surface area contributed by atoms with Crippen molar-refractivity contribution in [3.63, 3.8) is 0 Å². The van der Waals surface area contributed by atoms with Gasteiger partial charge in [-0.05, 0) is 0 Å². The monoisotopic (exact) mass is 211 g/mol. The van der Waals surface area contributed by atoms with Crippen molar-refractivity contribution in [2.75, 3.05) is 37.6 Å². The number of aldehydes is 1. The van der Waals surface area contributed by atoms with Crippen molar-refractivity contribution < 1.29 is 4.79 Å². The summed E-state index contributed by atoms with van der Waals surface area (Å²) in [6.45, 7) is 4.42. The molecule has 1 aliphatic heterocycles. The maximum Gasteiger partial charge on any atom is 0.185 e. The van der Waals surface area contributed by atoms with Gasteiger partial charge in [0.05, 0.1) is 6.54 Å². The Balaban J connectivity index is 1.87. The molecule has 0 aliphatic carbocycles. The van der Waals surface area contributed by atoms with Crippen molar-refractivity contribution in [3.05, 3.63) is 11.6 Å². The van der Waals surface area contributed by atoms with E-state index in [1.807, 2.05) is 11.6 Å². The molecule has 0 amide bonds. The zero-order chi connectivity index (χ0) is 9.80. The number of carbonyl (C=O) groups excluding carboxylic acids is 1. The van der Waals surface area contributed by atoms with Gasteiger partial charge in [-0.3, -0.25) is 4.90 Å². The molecule has 0 spiro atoms. The topological polar surface area (TPSA) is 36.4 Å². The van der Waals surface area contributed by atoms with Gasteiger partial charge in [0.25, 0.3) is 0 Å². The lowest BCUT2D eigenvalue weighted by atomic mass is 10.3. The van der Waals surface area contributed by atoms with E-state index < -0.39 is 0 Å². The van der Waals surface area contributed by atoms with Gasteiger partial charge in [0.1, 0.15) is 6.29 Å². The zero-order valence-electron chi connectivity index (χ0n) is 7.93. The van der Waals surface area contributed by atoms with Crippen molar-refractivity contribution in [2.45, 2.75) is 0 Å². The highest BCUT2D eigenvalue weighted by Gasteiger charge is 2.17. The van der Waals surface area contributed by atoms with Crippen LogP contribution in [0.4, 0.5) is 5.13 Å². The molecular formula is C9H13N3OS. The average molecular weight is 211 g/mol. The maximum absolute atomic E-state index is 10.3. The fraction of sp³-hybridized carbons (Fsp3) is 0.556. The summed E-state index contributed by atoms with van der Waals surface area (Å²) >= 11 is 1.67. The van der Waals surface area contributed by atoms with E-state index in [4.69, 9.17) is 0 Å². The number of nitrogens with zero attached hydrogens (tertiary/aromatic N) is 3. The molecule has 1 fully saturated rings. The number of aromatic nitrogens is 1. The molecule has 14 heavy (non-hydrogen) atoms. The van der Waals surface area contributed by atoms with E-state index in [1.165, 1.54) is 0 Å². The third-order valence-corrected chi connectivity index (χ3v) is 3.23. The van der Waals surface area contributed by atoms with Gasteiger partial charge in [-0.25, -0.2) is 4.98 Å². The quantitative estimate of drug-likeness (QED) is 0.681. The highest BCUT2D eigenvalue weighted by Crippen LogP contribution is 2.18. The minimum absolute atomic E-state index is 0.561. The van der Waals surface area contributed by atoms with Gasteiger partial charge in [0.15, 0.2) is 5.13 Å². The summed E-state index contributed by atoms with van der Waals surface area (Å²) in [6.07, 6.45) is 2.80. The molecule has 1 saturated heterocycles. The predicted molar refractivity (Wildman–Crippen MR) is 56.8 cm³/mol. The van der Waals surface area contributed by atoms with Gasteiger partial charge in [-0.15, -0.1) is 11.3 Å². The van der Waals surface area contributed by atoms with Gasteiger partial charge in [-0.2, -0.15) is 0 Å². The van der Waals surface area contributed by atoms with Crippen LogP contribution >= 0.6 is 11.3 Å². The summed E-state index contributed by atoms with van der Waals surface area (Å²) in [5.74, 6) is 0. The molecule has 0 N–H and O–H groups in total. The molecule has 0 unspecified atom stereocenters. The Morgan fingerprint density at radius 1 is 1.43 bits per heavy atom. The molecule has 1 aromatic heterocycles. The van der Waals surface area contributed by atoms with Crippen molar-refractivity contribution >= 4 is 22.8 Å². The van der Waals surface area contributed by atoms with Crippen molar-refractivity contribution in [1.82, 2.24) is 9.88 Å². The average Bonchev–Trinajstić information content (AvgIpc) is 2.72. The van der Waals surface area contributed by atoms with E-state index in [1.54, 1.807) is 11.3 Å². The van der Waals surface area contributed by atoms with E-state index in [9.17, 15) is 4.79 Å². The Bertz CT molecular complexity index is 280. The van der Waals surface area contributed by atoms with Crippen LogP contribution in [0.2, 0.25) is 0 Å². The molecule has 1 aromatic rings. The highest BCUT2D eigenvalue weighted by molar-refractivity contribution is 7.13. The Morgan fingerprint density at radius 3 is 2.79 bits per heavy atom. The van der Waals surface area contributed by atoms with Crippen molar-refractivity contribution in [2.24, 2.45) is 0 Å². The first kappa shape index (κ1) is 9.61. The summed E-state index contributed by atoms with van der Waals surface area (Å²) in [7, 11) is 0. The lowest BCUT2D eigenvalue weighted by molar-refractivity contribution is -0.108. The molecule has 76 valence electrons. The van der Waals surface area contributed by atoms with Crippen molar-refractivity contribution in [1.29, 1.82) is 0 Å². The smallest absolute Gasteiger partial charge is 0.185 e. The predicted octanol–water partition coefficient (Wildman–Crippen LogP) is 0.464. The third kappa shape index (κ3) is 2.10. The van der Waals surface area contributed by atoms with Gasteiger partial charge in [0.2, 0.25) is 0 Å². The summed E-state index contributed by atoms with van der Waals surface area (Å²) in [6, 6.07) is 0. The highest BCUT2D eigenvalue weighted by atomic mass is 32.1. The largest absolute Gasteiger partial charge is 0.346 e. The minimum atomic E-state index is 0.561. The van der Waals surface area contributed by atoms with Gasteiger partial charge in [0, 0.05) is 37.8 Å². The second kappa shape index (κ2) is 4.52. The first-order valence-electron chi connectivity index (χ1n) is 4.70. The second-order valence-corrected chi connectivity index (χ2v) is 4.14. The second-order valence-electron chi connectivity index (χ2n) is 3.27. The number of anilines is 1. The van der Waals surface area contributed by atoms with Crippen LogP contribution in [0.1, 0.15) is 0 Å². The standard InChI is InChI=1S/C9H13N3OS/c13-7-6-11-2-4-12(5-3-11)9-10-1-8-14-9/h1,7-8H,2-6H2. The lowest BCUT2D eigenvalue weighted by Gasteiger charge is -2.33. The van der Waals surface area contributed by atoms with E-state index in [0.29, 0.717) is 6.54 Å². The molecule has 0 radical (unpaired) electrons. The van der Waals surface area contributed by atoms with E-state index >= 15 is 0 Å². The number of carbonyl (C=O) groups is 1. The Kier molecular flexibility index (Phi) is 3.10. The van der Waals surface area contributed by atoms with Gasteiger partial charge in [-0.1, -0.05) is 0 Å². The number of hydrogen-bond donors (Lipinski definition) is 0. The van der Waals surface area contributed by atoms with Crippen LogP contribution in [0.5, 0.6) is 0 Å². The van der Waals surface area contributed by atoms with E-state index in [-0.39, 0.29) is 0 Å². The van der Waals surface area contributed by atoms with Gasteiger partial charge >= 0.3 is 0 Å². The van der Waals surface area contributed by atoms with Crippen LogP contribution in [0.3, 0.4) is 0 Å². The zero-order valence-corrected chi connectivity index (χ0v) is 8.74. The molecule has 4 nitrogen and oxygen atoms in total. The summed E-state index contributed by atoms with van der Waals surface area (Å²) in [5.41, 5.74) is 0. The SMILES string of the molecule is O=CCN1CCN(c2nccs2)CC1. The first-order valence-corrected chi connectivity index (χ1v) is 5.58. The first-order chi connectivity index (χ1) is 6.90. The van der Waals surface area contributed by atoms with Gasteiger partial charge < -0.3 is 9.69 Å². The summed E-state index contributed by atoms with van der Waals surface area (Å²) in [4.78, 5) is 19.0. The van der Waals surface area contributed by atoms with Crippen LogP contribution in [0, 0.1) is 0 Å². The van der Waals surface area contributed by atoms with E-state index in [2.05, 4.69) is 14.8 Å².